The molecule has 3 heterocycles. The lowest BCUT2D eigenvalue weighted by molar-refractivity contribution is 0.669. The molecule has 11 aromatic rings. The van der Waals surface area contributed by atoms with Gasteiger partial charge in [0.25, 0.3) is 0 Å². The van der Waals surface area contributed by atoms with E-state index in [1.165, 1.54) is 37.8 Å². The largest absolute Gasteiger partial charge is 0.455 e. The maximum atomic E-state index is 6.84. The van der Waals surface area contributed by atoms with Crippen LogP contribution in [0.1, 0.15) is 0 Å². The van der Waals surface area contributed by atoms with Crippen LogP contribution < -0.4 is 0 Å². The number of hydrogen-bond donors (Lipinski definition) is 0. The van der Waals surface area contributed by atoms with Gasteiger partial charge in [-0.2, -0.15) is 0 Å². The fourth-order valence-electron chi connectivity index (χ4n) is 7.98. The van der Waals surface area contributed by atoms with Gasteiger partial charge in [0.1, 0.15) is 11.2 Å². The van der Waals surface area contributed by atoms with Crippen LogP contribution in [0.3, 0.4) is 0 Å². The molecule has 0 aliphatic rings. The maximum absolute atomic E-state index is 6.84. The molecule has 5 nitrogen and oxygen atoms in total. The van der Waals surface area contributed by atoms with Crippen LogP contribution in [0.5, 0.6) is 0 Å². The van der Waals surface area contributed by atoms with Crippen LogP contribution in [0.15, 0.2) is 174 Å². The maximum Gasteiger partial charge on any atom is 0.167 e. The van der Waals surface area contributed by atoms with Gasteiger partial charge in [0, 0.05) is 32.7 Å². The Bertz CT molecular complexity index is 3120. The van der Waals surface area contributed by atoms with Gasteiger partial charge in [-0.1, -0.05) is 146 Å². The minimum atomic E-state index is 0.557. The Labute approximate surface area is 298 Å². The summed E-state index contributed by atoms with van der Waals surface area (Å²) in [5.74, 6) is 1.78. The summed E-state index contributed by atoms with van der Waals surface area (Å²) < 4.78 is 9.27. The highest BCUT2D eigenvalue weighted by Gasteiger charge is 2.24. The Morgan fingerprint density at radius 3 is 1.60 bits per heavy atom. The van der Waals surface area contributed by atoms with Gasteiger partial charge in [0.15, 0.2) is 17.5 Å². The van der Waals surface area contributed by atoms with Crippen molar-refractivity contribution < 1.29 is 4.42 Å². The van der Waals surface area contributed by atoms with Crippen LogP contribution in [-0.2, 0) is 0 Å². The van der Waals surface area contributed by atoms with Gasteiger partial charge in [-0.3, -0.25) is 0 Å². The Kier molecular flexibility index (Phi) is 6.18. The van der Waals surface area contributed by atoms with Crippen LogP contribution >= 0.6 is 0 Å². The van der Waals surface area contributed by atoms with Crippen LogP contribution in [0.25, 0.3) is 105 Å². The van der Waals surface area contributed by atoms with Gasteiger partial charge in [-0.25, -0.2) is 15.0 Å². The van der Waals surface area contributed by atoms with Crippen molar-refractivity contribution in [2.75, 3.05) is 0 Å². The predicted octanol–water partition coefficient (Wildman–Crippen LogP) is 12.2. The number of fused-ring (bicyclic) bond motifs is 11. The molecule has 3 aromatic heterocycles. The van der Waals surface area contributed by atoms with E-state index in [0.29, 0.717) is 17.5 Å². The third-order valence-corrected chi connectivity index (χ3v) is 10.2. The molecule has 8 aromatic carbocycles. The van der Waals surface area contributed by atoms with Crippen LogP contribution in [-0.4, -0.2) is 19.5 Å². The van der Waals surface area contributed by atoms with E-state index in [1.807, 2.05) is 72.8 Å². The summed E-state index contributed by atoms with van der Waals surface area (Å²) in [6.45, 7) is 0. The molecule has 0 fully saturated rings. The third-order valence-electron chi connectivity index (χ3n) is 10.2. The lowest BCUT2D eigenvalue weighted by Gasteiger charge is -2.14. The molecule has 52 heavy (non-hydrogen) atoms. The molecule has 242 valence electrons. The highest BCUT2D eigenvalue weighted by atomic mass is 16.3. The minimum Gasteiger partial charge on any atom is -0.455 e. The first kappa shape index (κ1) is 28.7. The number of rotatable bonds is 4. The van der Waals surface area contributed by atoms with Crippen molar-refractivity contribution in [2.24, 2.45) is 0 Å². The van der Waals surface area contributed by atoms with Crippen molar-refractivity contribution in [3.05, 3.63) is 170 Å². The van der Waals surface area contributed by atoms with E-state index in [-0.39, 0.29) is 0 Å². The van der Waals surface area contributed by atoms with E-state index in [9.17, 15) is 0 Å². The van der Waals surface area contributed by atoms with E-state index < -0.39 is 0 Å². The van der Waals surface area contributed by atoms with Crippen molar-refractivity contribution in [1.29, 1.82) is 0 Å². The summed E-state index contributed by atoms with van der Waals surface area (Å²) in [6, 6.07) is 59.0. The highest BCUT2D eigenvalue weighted by Crippen LogP contribution is 2.46. The number of para-hydroxylation sites is 2. The zero-order valence-corrected chi connectivity index (χ0v) is 27.9. The molecule has 0 amide bonds. The minimum absolute atomic E-state index is 0.557. The first-order chi connectivity index (χ1) is 25.8. The van der Waals surface area contributed by atoms with E-state index >= 15 is 0 Å². The summed E-state index contributed by atoms with van der Waals surface area (Å²) in [7, 11) is 0. The SMILES string of the molecule is c1ccc(-c2nc(-c3ccccc3)nc(-c3ccc(-n4c5ccccc5c5c6ccccc6c6ccccc6c54)c4c3oc3ccccc34)n2)cc1. The van der Waals surface area contributed by atoms with Crippen molar-refractivity contribution in [1.82, 2.24) is 19.5 Å². The molecule has 0 N–H and O–H groups in total. The smallest absolute Gasteiger partial charge is 0.167 e. The molecule has 0 spiro atoms. The van der Waals surface area contributed by atoms with Gasteiger partial charge in [-0.15, -0.1) is 0 Å². The molecule has 0 radical (unpaired) electrons. The van der Waals surface area contributed by atoms with Crippen molar-refractivity contribution >= 4 is 65.3 Å². The summed E-state index contributed by atoms with van der Waals surface area (Å²) in [5, 5.41) is 9.42. The molecule has 0 unspecified atom stereocenters. The second kappa shape index (κ2) is 11.2. The first-order valence-corrected chi connectivity index (χ1v) is 17.5. The number of hydrogen-bond acceptors (Lipinski definition) is 4. The number of nitrogens with zero attached hydrogens (tertiary/aromatic N) is 4. The fraction of sp³-hybridized carbons (Fsp3) is 0. The average Bonchev–Trinajstić information content (AvgIpc) is 3.78. The van der Waals surface area contributed by atoms with Crippen molar-refractivity contribution in [2.45, 2.75) is 0 Å². The first-order valence-electron chi connectivity index (χ1n) is 17.5. The van der Waals surface area contributed by atoms with E-state index in [0.717, 1.165) is 49.8 Å². The zero-order chi connectivity index (χ0) is 34.2. The second-order valence-corrected chi connectivity index (χ2v) is 13.1. The molecule has 0 saturated heterocycles. The van der Waals surface area contributed by atoms with Crippen molar-refractivity contribution in [3.8, 4) is 39.9 Å². The molecule has 0 aliphatic heterocycles. The summed E-state index contributed by atoms with van der Waals surface area (Å²) in [5.41, 5.74) is 7.54. The average molecular weight is 665 g/mol. The molecular formula is C47H28N4O. The van der Waals surface area contributed by atoms with Crippen LogP contribution in [0.4, 0.5) is 0 Å². The standard InChI is InChI=1S/C47H28N4O/c1-3-15-29(16-4-1)45-48-46(30-17-5-2-6-18-30)50-47(49-45)37-27-28-39(42-36-24-12-14-26-40(36)52-44(37)42)51-38-25-13-11-23-35(38)41-33-21-9-7-19-31(33)32-20-8-10-22-34(32)43(41)51/h1-28H. The van der Waals surface area contributed by atoms with Gasteiger partial charge in [0.05, 0.1) is 27.7 Å². The zero-order valence-electron chi connectivity index (χ0n) is 27.9. The second-order valence-electron chi connectivity index (χ2n) is 13.1. The van der Waals surface area contributed by atoms with Gasteiger partial charge in [-0.05, 0) is 40.4 Å². The molecule has 0 bridgehead atoms. The Morgan fingerprint density at radius 2 is 0.904 bits per heavy atom. The van der Waals surface area contributed by atoms with E-state index in [2.05, 4.69) is 102 Å². The number of aromatic nitrogens is 4. The molecule has 0 saturated carbocycles. The fourth-order valence-corrected chi connectivity index (χ4v) is 7.98. The van der Waals surface area contributed by atoms with Crippen LogP contribution in [0, 0.1) is 0 Å². The monoisotopic (exact) mass is 664 g/mol. The lowest BCUT2D eigenvalue weighted by Crippen LogP contribution is -2.01. The Balaban J connectivity index is 1.27. The van der Waals surface area contributed by atoms with E-state index in [1.54, 1.807) is 0 Å². The Hall–Kier alpha value is -7.11. The van der Waals surface area contributed by atoms with Gasteiger partial charge in [0.2, 0.25) is 0 Å². The molecular weight excluding hydrogens is 637 g/mol. The van der Waals surface area contributed by atoms with Gasteiger partial charge < -0.3 is 8.98 Å². The van der Waals surface area contributed by atoms with Crippen molar-refractivity contribution in [3.63, 3.8) is 0 Å². The number of furan rings is 1. The normalized spacial score (nSPS) is 11.8. The quantitative estimate of drug-likeness (QED) is 0.176. The molecule has 11 rings (SSSR count). The summed E-state index contributed by atoms with van der Waals surface area (Å²) in [6.07, 6.45) is 0. The van der Waals surface area contributed by atoms with Gasteiger partial charge >= 0.3 is 0 Å². The predicted molar refractivity (Wildman–Crippen MR) is 213 cm³/mol. The molecule has 5 heteroatoms. The van der Waals surface area contributed by atoms with E-state index in [4.69, 9.17) is 19.4 Å². The topological polar surface area (TPSA) is 56.7 Å². The lowest BCUT2D eigenvalue weighted by atomic mass is 9.97. The molecule has 0 aliphatic carbocycles. The third kappa shape index (κ3) is 4.20. The van der Waals surface area contributed by atoms with Crippen LogP contribution in [0.2, 0.25) is 0 Å². The Morgan fingerprint density at radius 1 is 0.385 bits per heavy atom. The summed E-state index contributed by atoms with van der Waals surface area (Å²) >= 11 is 0. The number of benzene rings is 8. The molecule has 0 atom stereocenters. The summed E-state index contributed by atoms with van der Waals surface area (Å²) in [4.78, 5) is 15.1. The highest BCUT2D eigenvalue weighted by molar-refractivity contribution is 6.32.